The molecule has 2 unspecified atom stereocenters. The maximum absolute atomic E-state index is 12.0. The molecule has 1 aromatic carbocycles. The first-order chi connectivity index (χ1) is 12.1. The van der Waals surface area contributed by atoms with Crippen LogP contribution in [-0.2, 0) is 9.59 Å². The van der Waals surface area contributed by atoms with Gasteiger partial charge in [-0.15, -0.1) is 0 Å². The van der Waals surface area contributed by atoms with Gasteiger partial charge in [0.1, 0.15) is 6.04 Å². The molecule has 0 saturated carbocycles. The van der Waals surface area contributed by atoms with Gasteiger partial charge in [-0.05, 0) is 31.4 Å². The predicted molar refractivity (Wildman–Crippen MR) is 101 cm³/mol. The first-order valence-electron chi connectivity index (χ1n) is 8.94. The lowest BCUT2D eigenvalue weighted by Gasteiger charge is -2.43. The van der Waals surface area contributed by atoms with Gasteiger partial charge in [0, 0.05) is 19.6 Å². The first kappa shape index (κ1) is 19.1. The molecule has 1 amide bonds. The fraction of sp³-hybridized carbons (Fsp3) is 0.429. The Balaban J connectivity index is 2.38. The molecule has 1 aliphatic rings. The summed E-state index contributed by atoms with van der Waals surface area (Å²) in [5.74, 6) is 0.0408. The van der Waals surface area contributed by atoms with E-state index in [0.29, 0.717) is 13.1 Å². The molecular weight excluding hydrogens is 312 g/mol. The number of hydrogen-bond donors (Lipinski definition) is 0. The Morgan fingerprint density at radius 3 is 2.56 bits per heavy atom. The predicted octanol–water partition coefficient (Wildman–Crippen LogP) is 3.37. The summed E-state index contributed by atoms with van der Waals surface area (Å²) in [6.07, 6.45) is 8.01. The van der Waals surface area contributed by atoms with E-state index in [1.54, 1.807) is 11.8 Å². The summed E-state index contributed by atoms with van der Waals surface area (Å²) in [6.45, 7) is 7.65. The molecule has 2 rings (SSSR count). The van der Waals surface area contributed by atoms with Gasteiger partial charge < -0.3 is 4.90 Å². The van der Waals surface area contributed by atoms with Gasteiger partial charge in [-0.25, -0.2) is 0 Å². The van der Waals surface area contributed by atoms with Crippen molar-refractivity contribution in [2.45, 2.75) is 39.3 Å². The van der Waals surface area contributed by atoms with Crippen molar-refractivity contribution in [3.63, 3.8) is 0 Å². The minimum atomic E-state index is -0.364. The maximum atomic E-state index is 12.0. The molecule has 0 N–H and O–H groups in total. The summed E-state index contributed by atoms with van der Waals surface area (Å²) in [4.78, 5) is 27.3. The second kappa shape index (κ2) is 9.33. The molecule has 2 atom stereocenters. The molecule has 134 valence electrons. The molecule has 0 aliphatic carbocycles. The van der Waals surface area contributed by atoms with Crippen LogP contribution in [0.1, 0.15) is 38.8 Å². The summed E-state index contributed by atoms with van der Waals surface area (Å²) in [6, 6.07) is 10.2. The molecule has 1 fully saturated rings. The number of Topliss-reactive ketones (excluding diaryl/α,β-unsaturated/α-hetero) is 1. The Kier molecular flexibility index (Phi) is 7.14. The van der Waals surface area contributed by atoms with E-state index in [2.05, 4.69) is 48.2 Å². The topological polar surface area (TPSA) is 40.6 Å². The van der Waals surface area contributed by atoms with E-state index < -0.39 is 0 Å². The number of ketones is 1. The SMILES string of the molecule is C/C=C\C=C(/CC)C(c1ccccc1)N1CCN(C=O)C(C(C)=O)C1. The van der Waals surface area contributed by atoms with Crippen molar-refractivity contribution in [1.29, 1.82) is 0 Å². The number of allylic oxidation sites excluding steroid dienone is 3. The number of rotatable bonds is 7. The number of hydrogen-bond acceptors (Lipinski definition) is 3. The van der Waals surface area contributed by atoms with Crippen molar-refractivity contribution in [1.82, 2.24) is 9.80 Å². The number of benzene rings is 1. The summed E-state index contributed by atoms with van der Waals surface area (Å²) in [5.41, 5.74) is 2.54. The zero-order valence-electron chi connectivity index (χ0n) is 15.4. The molecule has 4 nitrogen and oxygen atoms in total. The van der Waals surface area contributed by atoms with Crippen molar-refractivity contribution >= 4 is 12.2 Å². The molecule has 0 radical (unpaired) electrons. The van der Waals surface area contributed by atoms with Crippen LogP contribution < -0.4 is 0 Å². The van der Waals surface area contributed by atoms with Crippen LogP contribution in [-0.4, -0.2) is 47.7 Å². The number of nitrogens with zero attached hydrogens (tertiary/aromatic N) is 2. The average Bonchev–Trinajstić information content (AvgIpc) is 2.65. The van der Waals surface area contributed by atoms with Gasteiger partial charge in [-0.2, -0.15) is 0 Å². The van der Waals surface area contributed by atoms with E-state index in [9.17, 15) is 9.59 Å². The molecule has 0 bridgehead atoms. The number of carbonyl (C=O) groups excluding carboxylic acids is 2. The largest absolute Gasteiger partial charge is 0.333 e. The van der Waals surface area contributed by atoms with Crippen LogP contribution >= 0.6 is 0 Å². The Morgan fingerprint density at radius 1 is 1.28 bits per heavy atom. The molecule has 0 aromatic heterocycles. The Hall–Kier alpha value is -2.20. The lowest BCUT2D eigenvalue weighted by atomic mass is 9.93. The van der Waals surface area contributed by atoms with Crippen LogP contribution in [0.5, 0.6) is 0 Å². The third kappa shape index (κ3) is 4.67. The van der Waals surface area contributed by atoms with Crippen molar-refractivity contribution in [3.05, 3.63) is 59.7 Å². The zero-order valence-corrected chi connectivity index (χ0v) is 15.4. The molecule has 25 heavy (non-hydrogen) atoms. The fourth-order valence-electron chi connectivity index (χ4n) is 3.46. The Morgan fingerprint density at radius 2 is 2.00 bits per heavy atom. The monoisotopic (exact) mass is 340 g/mol. The summed E-state index contributed by atoms with van der Waals surface area (Å²) < 4.78 is 0. The van der Waals surface area contributed by atoms with Gasteiger partial charge in [0.15, 0.2) is 5.78 Å². The summed E-state index contributed by atoms with van der Waals surface area (Å²) >= 11 is 0. The molecule has 1 heterocycles. The Bertz CT molecular complexity index is 637. The molecular formula is C21H28N2O2. The molecule has 1 aromatic rings. The van der Waals surface area contributed by atoms with Gasteiger partial charge in [0.2, 0.25) is 6.41 Å². The molecule has 4 heteroatoms. The smallest absolute Gasteiger partial charge is 0.210 e. The van der Waals surface area contributed by atoms with E-state index in [-0.39, 0.29) is 17.9 Å². The van der Waals surface area contributed by atoms with E-state index in [1.165, 1.54) is 11.1 Å². The van der Waals surface area contributed by atoms with Crippen molar-refractivity contribution in [2.75, 3.05) is 19.6 Å². The van der Waals surface area contributed by atoms with E-state index in [1.807, 2.05) is 19.1 Å². The molecule has 1 saturated heterocycles. The number of amides is 1. The summed E-state index contributed by atoms with van der Waals surface area (Å²) in [7, 11) is 0. The van der Waals surface area contributed by atoms with Gasteiger partial charge >= 0.3 is 0 Å². The maximum Gasteiger partial charge on any atom is 0.210 e. The first-order valence-corrected chi connectivity index (χ1v) is 8.94. The quantitative estimate of drug-likeness (QED) is 0.564. The third-order valence-corrected chi connectivity index (χ3v) is 4.80. The fourth-order valence-corrected chi connectivity index (χ4v) is 3.46. The Labute approximate surface area is 150 Å². The lowest BCUT2D eigenvalue weighted by molar-refractivity contribution is -0.134. The second-order valence-electron chi connectivity index (χ2n) is 6.40. The second-order valence-corrected chi connectivity index (χ2v) is 6.40. The minimum absolute atomic E-state index is 0.0408. The van der Waals surface area contributed by atoms with Crippen molar-refractivity contribution in [3.8, 4) is 0 Å². The van der Waals surface area contributed by atoms with Crippen LogP contribution in [0.4, 0.5) is 0 Å². The normalized spacial score (nSPS) is 20.7. The van der Waals surface area contributed by atoms with Gasteiger partial charge in [-0.1, -0.05) is 55.5 Å². The highest BCUT2D eigenvalue weighted by Crippen LogP contribution is 2.32. The number of carbonyl (C=O) groups is 2. The van der Waals surface area contributed by atoms with Gasteiger partial charge in [0.25, 0.3) is 0 Å². The number of piperazine rings is 1. The van der Waals surface area contributed by atoms with Crippen LogP contribution in [0.25, 0.3) is 0 Å². The van der Waals surface area contributed by atoms with Crippen LogP contribution in [0.15, 0.2) is 54.1 Å². The highest BCUT2D eigenvalue weighted by atomic mass is 16.1. The summed E-state index contributed by atoms with van der Waals surface area (Å²) in [5, 5.41) is 0. The molecule has 1 aliphatic heterocycles. The van der Waals surface area contributed by atoms with E-state index >= 15 is 0 Å². The molecule has 0 spiro atoms. The minimum Gasteiger partial charge on any atom is -0.333 e. The van der Waals surface area contributed by atoms with Gasteiger partial charge in [0.05, 0.1) is 6.04 Å². The lowest BCUT2D eigenvalue weighted by Crippen LogP contribution is -2.56. The third-order valence-electron chi connectivity index (χ3n) is 4.80. The average molecular weight is 340 g/mol. The van der Waals surface area contributed by atoms with Gasteiger partial charge in [-0.3, -0.25) is 14.5 Å². The van der Waals surface area contributed by atoms with Crippen LogP contribution in [0.2, 0.25) is 0 Å². The standard InChI is InChI=1S/C21H28N2O2/c1-4-6-10-18(5-2)21(19-11-8-7-9-12-19)22-13-14-23(16-24)20(15-22)17(3)25/h4,6-12,16,20-21H,5,13-15H2,1-3H3/b6-4-,18-10+. The zero-order chi connectivity index (χ0) is 18.2. The van der Waals surface area contributed by atoms with Crippen LogP contribution in [0.3, 0.4) is 0 Å². The van der Waals surface area contributed by atoms with Crippen molar-refractivity contribution in [2.24, 2.45) is 0 Å². The van der Waals surface area contributed by atoms with E-state index in [0.717, 1.165) is 19.4 Å². The highest BCUT2D eigenvalue weighted by Gasteiger charge is 2.34. The van der Waals surface area contributed by atoms with E-state index in [4.69, 9.17) is 0 Å². The van der Waals surface area contributed by atoms with Crippen LogP contribution in [0, 0.1) is 0 Å². The highest BCUT2D eigenvalue weighted by molar-refractivity contribution is 5.83. The van der Waals surface area contributed by atoms with Crippen molar-refractivity contribution < 1.29 is 9.59 Å².